The van der Waals surface area contributed by atoms with E-state index in [1.54, 1.807) is 25.3 Å². The summed E-state index contributed by atoms with van der Waals surface area (Å²) in [5, 5.41) is 10.0. The van der Waals surface area contributed by atoms with Crippen LogP contribution in [0.1, 0.15) is 28.4 Å². The number of nitrogens with one attached hydrogen (secondary N) is 2. The molecule has 4 nitrogen and oxygen atoms in total. The maximum atomic E-state index is 12.6. The number of benzene rings is 1. The molecule has 0 saturated heterocycles. The summed E-state index contributed by atoms with van der Waals surface area (Å²) < 4.78 is 37.9. The molecule has 25 heavy (non-hydrogen) atoms. The van der Waals surface area contributed by atoms with Crippen molar-refractivity contribution in [1.82, 2.24) is 20.5 Å². The average Bonchev–Trinajstić information content (AvgIpc) is 3.22. The number of nitrogens with zero attached hydrogens (tertiary/aromatic N) is 2. The number of alkyl halides is 3. The Morgan fingerprint density at radius 2 is 1.96 bits per heavy atom. The van der Waals surface area contributed by atoms with E-state index in [4.69, 9.17) is 11.6 Å². The van der Waals surface area contributed by atoms with Crippen molar-refractivity contribution in [2.24, 2.45) is 0 Å². The summed E-state index contributed by atoms with van der Waals surface area (Å²) in [6, 6.07) is 7.06. The lowest BCUT2D eigenvalue weighted by Gasteiger charge is -2.12. The van der Waals surface area contributed by atoms with Crippen LogP contribution in [-0.2, 0) is 12.7 Å². The fourth-order valence-electron chi connectivity index (χ4n) is 2.29. The number of halogens is 4. The van der Waals surface area contributed by atoms with Gasteiger partial charge in [0, 0.05) is 34.2 Å². The lowest BCUT2D eigenvalue weighted by Crippen LogP contribution is -2.17. The first-order valence-corrected chi connectivity index (χ1v) is 8.58. The van der Waals surface area contributed by atoms with Crippen LogP contribution in [0.5, 0.6) is 0 Å². The summed E-state index contributed by atoms with van der Waals surface area (Å²) in [5.74, 6) is 0. The third-order valence-corrected chi connectivity index (χ3v) is 5.12. The summed E-state index contributed by atoms with van der Waals surface area (Å²) >= 11 is 6.55. The molecule has 0 amide bonds. The monoisotopic (exact) mass is 386 g/mol. The van der Waals surface area contributed by atoms with Gasteiger partial charge in [0.15, 0.2) is 5.01 Å². The van der Waals surface area contributed by atoms with E-state index in [1.165, 1.54) is 6.20 Å². The smallest absolute Gasteiger partial charge is 0.305 e. The Bertz CT molecular complexity index is 842. The van der Waals surface area contributed by atoms with E-state index in [0.29, 0.717) is 27.8 Å². The van der Waals surface area contributed by atoms with Crippen molar-refractivity contribution < 1.29 is 13.2 Å². The number of hydrogen-bond donors (Lipinski definition) is 2. The third kappa shape index (κ3) is 4.20. The van der Waals surface area contributed by atoms with Crippen molar-refractivity contribution in [1.29, 1.82) is 0 Å². The van der Waals surface area contributed by atoms with Gasteiger partial charge in [0.2, 0.25) is 0 Å². The highest BCUT2D eigenvalue weighted by atomic mass is 35.5. The molecule has 0 aliphatic rings. The molecule has 0 saturated carbocycles. The molecule has 2 aromatic heterocycles. The minimum atomic E-state index is -4.41. The molecule has 0 radical (unpaired) electrons. The average molecular weight is 387 g/mol. The molecular weight excluding hydrogens is 373 g/mol. The summed E-state index contributed by atoms with van der Waals surface area (Å²) in [5.41, 5.74) is 2.69. The lowest BCUT2D eigenvalue weighted by molar-refractivity contribution is -0.137. The van der Waals surface area contributed by atoms with Gasteiger partial charge in [0.05, 0.1) is 11.9 Å². The van der Waals surface area contributed by atoms with E-state index in [-0.39, 0.29) is 6.04 Å². The van der Waals surface area contributed by atoms with E-state index in [9.17, 15) is 13.2 Å². The van der Waals surface area contributed by atoms with E-state index in [0.717, 1.165) is 16.8 Å². The zero-order valence-corrected chi connectivity index (χ0v) is 14.6. The van der Waals surface area contributed by atoms with Crippen LogP contribution in [0.4, 0.5) is 13.2 Å². The highest BCUT2D eigenvalue weighted by molar-refractivity contribution is 7.11. The van der Waals surface area contributed by atoms with E-state index >= 15 is 0 Å². The summed E-state index contributed by atoms with van der Waals surface area (Å²) in [6.07, 6.45) is -1.45. The van der Waals surface area contributed by atoms with Crippen LogP contribution in [0.3, 0.4) is 0 Å². The van der Waals surface area contributed by atoms with Crippen molar-refractivity contribution in [3.63, 3.8) is 0 Å². The van der Waals surface area contributed by atoms with E-state index in [2.05, 4.69) is 20.5 Å². The zero-order valence-electron chi connectivity index (χ0n) is 13.1. The molecule has 0 aliphatic heterocycles. The SMILES string of the molecule is CC(NCc1cn[nH]c1-c1ccc(Cl)cc1)c1cnc(C(F)(F)F)s1. The van der Waals surface area contributed by atoms with Crippen molar-refractivity contribution in [2.45, 2.75) is 25.7 Å². The normalized spacial score (nSPS) is 13.2. The molecule has 0 spiro atoms. The molecule has 3 rings (SSSR count). The summed E-state index contributed by atoms with van der Waals surface area (Å²) in [7, 11) is 0. The van der Waals surface area contributed by atoms with Gasteiger partial charge in [-0.2, -0.15) is 18.3 Å². The second-order valence-electron chi connectivity index (χ2n) is 5.45. The van der Waals surface area contributed by atoms with Gasteiger partial charge in [0.1, 0.15) is 0 Å². The van der Waals surface area contributed by atoms with Crippen molar-refractivity contribution in [2.75, 3.05) is 0 Å². The Morgan fingerprint density at radius 3 is 2.60 bits per heavy atom. The maximum absolute atomic E-state index is 12.6. The van der Waals surface area contributed by atoms with Gasteiger partial charge < -0.3 is 5.32 Å². The van der Waals surface area contributed by atoms with Crippen LogP contribution in [0.2, 0.25) is 5.02 Å². The molecule has 2 N–H and O–H groups in total. The van der Waals surface area contributed by atoms with Gasteiger partial charge in [-0.05, 0) is 24.6 Å². The molecule has 0 bridgehead atoms. The second kappa shape index (κ2) is 7.15. The predicted molar refractivity (Wildman–Crippen MR) is 91.4 cm³/mol. The first-order valence-electron chi connectivity index (χ1n) is 7.39. The van der Waals surface area contributed by atoms with Gasteiger partial charge in [0.25, 0.3) is 0 Å². The van der Waals surface area contributed by atoms with E-state index < -0.39 is 11.2 Å². The fourth-order valence-corrected chi connectivity index (χ4v) is 3.23. The first kappa shape index (κ1) is 17.9. The van der Waals surface area contributed by atoms with E-state index in [1.807, 2.05) is 12.1 Å². The highest BCUT2D eigenvalue weighted by Gasteiger charge is 2.34. The quantitative estimate of drug-likeness (QED) is 0.644. The zero-order chi connectivity index (χ0) is 18.0. The molecule has 0 aliphatic carbocycles. The number of hydrogen-bond acceptors (Lipinski definition) is 4. The standard InChI is InChI=1S/C16H14ClF3N4S/c1-9(13-8-22-15(25-13)16(18,19)20)21-6-11-7-23-24-14(11)10-2-4-12(17)5-3-10/h2-5,7-9,21H,6H2,1H3,(H,23,24). The molecule has 1 atom stereocenters. The van der Waals surface area contributed by atoms with Crippen LogP contribution < -0.4 is 5.32 Å². The van der Waals surface area contributed by atoms with Gasteiger partial charge >= 0.3 is 6.18 Å². The van der Waals surface area contributed by atoms with Gasteiger partial charge in [-0.15, -0.1) is 11.3 Å². The van der Waals surface area contributed by atoms with Crippen LogP contribution in [-0.4, -0.2) is 15.2 Å². The van der Waals surface area contributed by atoms with Crippen molar-refractivity contribution in [3.8, 4) is 11.3 Å². The van der Waals surface area contributed by atoms with Crippen LogP contribution in [0.25, 0.3) is 11.3 Å². The second-order valence-corrected chi connectivity index (χ2v) is 6.94. The topological polar surface area (TPSA) is 53.6 Å². The van der Waals surface area contributed by atoms with Gasteiger partial charge in [-0.3, -0.25) is 5.10 Å². The molecule has 1 unspecified atom stereocenters. The molecule has 0 fully saturated rings. The summed E-state index contributed by atoms with van der Waals surface area (Å²) in [6.45, 7) is 2.25. The third-order valence-electron chi connectivity index (χ3n) is 3.64. The van der Waals surface area contributed by atoms with Gasteiger partial charge in [-0.1, -0.05) is 23.7 Å². The minimum absolute atomic E-state index is 0.262. The Morgan fingerprint density at radius 1 is 1.24 bits per heavy atom. The first-order chi connectivity index (χ1) is 11.8. The molecule has 2 heterocycles. The summed E-state index contributed by atoms with van der Waals surface area (Å²) in [4.78, 5) is 3.98. The van der Waals surface area contributed by atoms with Gasteiger partial charge in [-0.25, -0.2) is 4.98 Å². The molecule has 132 valence electrons. The Hall–Kier alpha value is -1.90. The molecular formula is C16H14ClF3N4S. The number of H-pyrrole nitrogens is 1. The minimum Gasteiger partial charge on any atom is -0.305 e. The number of thiazole rings is 1. The Labute approximate surface area is 151 Å². The molecule has 3 aromatic rings. The number of aromatic amines is 1. The highest BCUT2D eigenvalue weighted by Crippen LogP contribution is 2.34. The lowest BCUT2D eigenvalue weighted by atomic mass is 10.1. The number of rotatable bonds is 5. The molecule has 1 aromatic carbocycles. The van der Waals surface area contributed by atoms with Crippen molar-refractivity contribution >= 4 is 22.9 Å². The molecule has 9 heteroatoms. The Balaban J connectivity index is 1.69. The largest absolute Gasteiger partial charge is 0.443 e. The number of aromatic nitrogens is 3. The predicted octanol–water partition coefficient (Wildman–Crippen LogP) is 5.06. The van der Waals surface area contributed by atoms with Crippen LogP contribution in [0.15, 0.2) is 36.7 Å². The Kier molecular flexibility index (Phi) is 5.12. The maximum Gasteiger partial charge on any atom is 0.443 e. The van der Waals surface area contributed by atoms with Crippen LogP contribution >= 0.6 is 22.9 Å². The fraction of sp³-hybridized carbons (Fsp3) is 0.250. The van der Waals surface area contributed by atoms with Crippen LogP contribution in [0, 0.1) is 0 Å². The van der Waals surface area contributed by atoms with Crippen molar-refractivity contribution in [3.05, 3.63) is 57.1 Å².